The van der Waals surface area contributed by atoms with Crippen LogP contribution in [0.1, 0.15) is 5.69 Å². The van der Waals surface area contributed by atoms with E-state index in [-0.39, 0.29) is 0 Å². The molecule has 0 spiro atoms. The van der Waals surface area contributed by atoms with E-state index in [1.165, 1.54) is 0 Å². The van der Waals surface area contributed by atoms with Crippen LogP contribution in [0.15, 0.2) is 42.7 Å². The summed E-state index contributed by atoms with van der Waals surface area (Å²) in [6.07, 6.45) is 3.66. The third-order valence-electron chi connectivity index (χ3n) is 2.75. The van der Waals surface area contributed by atoms with Crippen LogP contribution >= 0.6 is 11.6 Å². The molecular formula is C14H10ClN3. The zero-order valence-electron chi connectivity index (χ0n) is 9.76. The number of pyridine rings is 3. The first kappa shape index (κ1) is 11.1. The van der Waals surface area contributed by atoms with Crippen molar-refractivity contribution in [3.63, 3.8) is 0 Å². The van der Waals surface area contributed by atoms with Crippen LogP contribution in [0.25, 0.3) is 22.2 Å². The maximum atomic E-state index is 5.89. The predicted octanol–water partition coefficient (Wildman–Crippen LogP) is 3.65. The van der Waals surface area contributed by atoms with E-state index in [4.69, 9.17) is 11.6 Å². The lowest BCUT2D eigenvalue weighted by Crippen LogP contribution is -1.87. The molecule has 0 saturated heterocycles. The number of halogens is 1. The fraction of sp³-hybridized carbons (Fsp3) is 0.0714. The van der Waals surface area contributed by atoms with Gasteiger partial charge in [0.2, 0.25) is 0 Å². The number of rotatable bonds is 1. The Morgan fingerprint density at radius 1 is 0.889 bits per heavy atom. The van der Waals surface area contributed by atoms with Crippen molar-refractivity contribution in [1.82, 2.24) is 15.0 Å². The number of hydrogen-bond donors (Lipinski definition) is 0. The number of nitrogens with zero attached hydrogens (tertiary/aromatic N) is 3. The van der Waals surface area contributed by atoms with Gasteiger partial charge in [-0.3, -0.25) is 9.97 Å². The highest BCUT2D eigenvalue weighted by molar-refractivity contribution is 6.29. The summed E-state index contributed by atoms with van der Waals surface area (Å²) in [7, 11) is 0. The molecule has 3 aromatic rings. The Balaban J connectivity index is 2.15. The lowest BCUT2D eigenvalue weighted by atomic mass is 10.1. The number of aromatic nitrogens is 3. The lowest BCUT2D eigenvalue weighted by Gasteiger charge is -2.03. The van der Waals surface area contributed by atoms with Crippen molar-refractivity contribution in [3.05, 3.63) is 53.6 Å². The summed E-state index contributed by atoms with van der Waals surface area (Å²) >= 11 is 5.89. The average molecular weight is 256 g/mol. The Morgan fingerprint density at radius 3 is 2.50 bits per heavy atom. The number of fused-ring (bicyclic) bond motifs is 1. The van der Waals surface area contributed by atoms with Crippen LogP contribution in [0.3, 0.4) is 0 Å². The van der Waals surface area contributed by atoms with Crippen LogP contribution in [0.5, 0.6) is 0 Å². The summed E-state index contributed by atoms with van der Waals surface area (Å²) in [6, 6.07) is 9.58. The van der Waals surface area contributed by atoms with Gasteiger partial charge >= 0.3 is 0 Å². The molecule has 0 aliphatic rings. The Labute approximate surface area is 109 Å². The molecule has 3 heterocycles. The zero-order valence-corrected chi connectivity index (χ0v) is 10.5. The molecule has 0 N–H and O–H groups in total. The highest BCUT2D eigenvalue weighted by Crippen LogP contribution is 2.22. The van der Waals surface area contributed by atoms with Crippen LogP contribution in [0, 0.1) is 6.92 Å². The van der Waals surface area contributed by atoms with Crippen molar-refractivity contribution in [2.24, 2.45) is 0 Å². The molecule has 88 valence electrons. The van der Waals surface area contributed by atoms with Crippen molar-refractivity contribution in [2.75, 3.05) is 0 Å². The van der Waals surface area contributed by atoms with Crippen molar-refractivity contribution in [2.45, 2.75) is 6.92 Å². The highest BCUT2D eigenvalue weighted by Gasteiger charge is 2.03. The summed E-state index contributed by atoms with van der Waals surface area (Å²) in [5.74, 6) is 0. The minimum absolute atomic E-state index is 0.475. The predicted molar refractivity (Wildman–Crippen MR) is 72.5 cm³/mol. The van der Waals surface area contributed by atoms with E-state index in [2.05, 4.69) is 15.0 Å². The summed E-state index contributed by atoms with van der Waals surface area (Å²) in [5, 5.41) is 0.475. The molecule has 0 saturated carbocycles. The number of hydrogen-bond acceptors (Lipinski definition) is 3. The normalized spacial score (nSPS) is 10.8. The monoisotopic (exact) mass is 255 g/mol. The summed E-state index contributed by atoms with van der Waals surface area (Å²) in [4.78, 5) is 12.9. The molecule has 0 unspecified atom stereocenters. The van der Waals surface area contributed by atoms with E-state index in [0.29, 0.717) is 5.15 Å². The van der Waals surface area contributed by atoms with Gasteiger partial charge in [-0.05, 0) is 31.2 Å². The summed E-state index contributed by atoms with van der Waals surface area (Å²) in [6.45, 7) is 1.96. The van der Waals surface area contributed by atoms with Gasteiger partial charge < -0.3 is 0 Å². The van der Waals surface area contributed by atoms with Crippen LogP contribution in [-0.2, 0) is 0 Å². The Bertz CT molecular complexity index is 708. The van der Waals surface area contributed by atoms with E-state index in [1.807, 2.05) is 43.6 Å². The average Bonchev–Trinajstić information content (AvgIpc) is 2.38. The fourth-order valence-electron chi connectivity index (χ4n) is 1.78. The van der Waals surface area contributed by atoms with Gasteiger partial charge in [-0.1, -0.05) is 17.7 Å². The fourth-order valence-corrected chi connectivity index (χ4v) is 1.93. The van der Waals surface area contributed by atoms with Crippen LogP contribution < -0.4 is 0 Å². The standard InChI is InChI=1S/C14H10ClN3/c1-9-2-3-10(7-16-9)11-6-13-12(17-8-11)4-5-14(15)18-13/h2-8H,1H3. The van der Waals surface area contributed by atoms with Gasteiger partial charge in [0, 0.05) is 29.2 Å². The van der Waals surface area contributed by atoms with Gasteiger partial charge in [-0.15, -0.1) is 0 Å². The van der Waals surface area contributed by atoms with Gasteiger partial charge in [0.25, 0.3) is 0 Å². The SMILES string of the molecule is Cc1ccc(-c2cnc3ccc(Cl)nc3c2)cn1. The minimum atomic E-state index is 0.475. The molecule has 0 bridgehead atoms. The Hall–Kier alpha value is -2.00. The Morgan fingerprint density at radius 2 is 1.72 bits per heavy atom. The third kappa shape index (κ3) is 2.05. The topological polar surface area (TPSA) is 38.7 Å². The van der Waals surface area contributed by atoms with Gasteiger partial charge in [-0.25, -0.2) is 4.98 Å². The van der Waals surface area contributed by atoms with Crippen molar-refractivity contribution in [1.29, 1.82) is 0 Å². The maximum absolute atomic E-state index is 5.89. The number of aryl methyl sites for hydroxylation is 1. The second-order valence-electron chi connectivity index (χ2n) is 4.08. The molecular weight excluding hydrogens is 246 g/mol. The van der Waals surface area contributed by atoms with E-state index in [1.54, 1.807) is 6.07 Å². The molecule has 3 rings (SSSR count). The van der Waals surface area contributed by atoms with Crippen LogP contribution in [-0.4, -0.2) is 15.0 Å². The molecule has 0 aliphatic carbocycles. The van der Waals surface area contributed by atoms with Crippen LogP contribution in [0.4, 0.5) is 0 Å². The molecule has 0 aliphatic heterocycles. The Kier molecular flexibility index (Phi) is 2.68. The van der Waals surface area contributed by atoms with Crippen molar-refractivity contribution < 1.29 is 0 Å². The van der Waals surface area contributed by atoms with Crippen molar-refractivity contribution >= 4 is 22.6 Å². The zero-order chi connectivity index (χ0) is 12.5. The van der Waals surface area contributed by atoms with E-state index < -0.39 is 0 Å². The molecule has 0 radical (unpaired) electrons. The summed E-state index contributed by atoms with van der Waals surface area (Å²) < 4.78 is 0. The second kappa shape index (κ2) is 4.35. The molecule has 0 atom stereocenters. The molecule has 3 nitrogen and oxygen atoms in total. The van der Waals surface area contributed by atoms with Gasteiger partial charge in [-0.2, -0.15) is 0 Å². The molecule has 0 aromatic carbocycles. The molecule has 0 amide bonds. The van der Waals surface area contributed by atoms with E-state index >= 15 is 0 Å². The summed E-state index contributed by atoms with van der Waals surface area (Å²) in [5.41, 5.74) is 4.64. The maximum Gasteiger partial charge on any atom is 0.129 e. The molecule has 3 aromatic heterocycles. The minimum Gasteiger partial charge on any atom is -0.261 e. The molecule has 18 heavy (non-hydrogen) atoms. The van der Waals surface area contributed by atoms with Crippen molar-refractivity contribution in [3.8, 4) is 11.1 Å². The quantitative estimate of drug-likeness (QED) is 0.623. The van der Waals surface area contributed by atoms with E-state index in [9.17, 15) is 0 Å². The van der Waals surface area contributed by atoms with Gasteiger partial charge in [0.15, 0.2) is 0 Å². The lowest BCUT2D eigenvalue weighted by molar-refractivity contribution is 1.20. The third-order valence-corrected chi connectivity index (χ3v) is 2.96. The van der Waals surface area contributed by atoms with Gasteiger partial charge in [0.1, 0.15) is 5.15 Å². The largest absolute Gasteiger partial charge is 0.261 e. The first-order chi connectivity index (χ1) is 8.72. The van der Waals surface area contributed by atoms with E-state index in [0.717, 1.165) is 27.9 Å². The van der Waals surface area contributed by atoms with Crippen LogP contribution in [0.2, 0.25) is 5.15 Å². The molecule has 0 fully saturated rings. The van der Waals surface area contributed by atoms with Gasteiger partial charge in [0.05, 0.1) is 11.0 Å². The second-order valence-corrected chi connectivity index (χ2v) is 4.47. The first-order valence-corrected chi connectivity index (χ1v) is 5.95. The highest BCUT2D eigenvalue weighted by atomic mass is 35.5. The smallest absolute Gasteiger partial charge is 0.129 e. The first-order valence-electron chi connectivity index (χ1n) is 5.58. The molecule has 4 heteroatoms.